The van der Waals surface area contributed by atoms with Crippen molar-refractivity contribution in [2.75, 3.05) is 18.3 Å². The highest BCUT2D eigenvalue weighted by atomic mass is 35.5. The van der Waals surface area contributed by atoms with Gasteiger partial charge in [-0.15, -0.1) is 23.2 Å². The second-order valence-corrected chi connectivity index (χ2v) is 19.4. The van der Waals surface area contributed by atoms with Crippen LogP contribution in [0.2, 0.25) is 18.1 Å². The van der Waals surface area contributed by atoms with Gasteiger partial charge in [0.1, 0.15) is 23.3 Å². The Morgan fingerprint density at radius 2 is 1.20 bits per heavy atom. The number of carbonyl (C=O) groups excluding carboxylic acids is 2. The number of hydrogen-bond donors (Lipinski definition) is 1. The Balaban J connectivity index is 0.000000299. The molecule has 0 saturated carbocycles. The second-order valence-electron chi connectivity index (χ2n) is 14.4. The third kappa shape index (κ3) is 13.5. The standard InChI is InChI=1S/C16H21ClF2N2O.C16H19ClF2N2O.C6H16Si/c2*1-16(2,5-3-6-17)15(22)21-14(4-7-20-21)11-8-12(18)10-13(19)9-11;1-4-7(5-2)6-3/h8-10,14,20H,3-7H2,1-2H3;7-10,14H,3-6H2,1-2H3;7H,4-6H2,1-3H3. The van der Waals surface area contributed by atoms with Crippen molar-refractivity contribution in [2.24, 2.45) is 15.9 Å². The van der Waals surface area contributed by atoms with Gasteiger partial charge < -0.3 is 0 Å². The van der Waals surface area contributed by atoms with Gasteiger partial charge in [0, 0.05) is 62.7 Å². The Hall–Kier alpha value is -2.47. The number of hydrazine groups is 1. The second kappa shape index (κ2) is 21.3. The Morgan fingerprint density at radius 1 is 0.765 bits per heavy atom. The van der Waals surface area contributed by atoms with Gasteiger partial charge in [0.15, 0.2) is 0 Å². The third-order valence-electron chi connectivity index (χ3n) is 9.57. The van der Waals surface area contributed by atoms with Crippen LogP contribution in [0.5, 0.6) is 0 Å². The van der Waals surface area contributed by atoms with Gasteiger partial charge in [0.05, 0.1) is 12.1 Å². The molecule has 13 heteroatoms. The molecule has 2 aliphatic rings. The zero-order chi connectivity index (χ0) is 38.4. The fraction of sp³-hybridized carbons (Fsp3) is 0.605. The van der Waals surface area contributed by atoms with Crippen LogP contribution in [-0.4, -0.2) is 55.1 Å². The van der Waals surface area contributed by atoms with Crippen LogP contribution in [0.15, 0.2) is 41.5 Å². The summed E-state index contributed by atoms with van der Waals surface area (Å²) >= 11 is 11.4. The van der Waals surface area contributed by atoms with Crippen molar-refractivity contribution >= 4 is 50.0 Å². The number of halogens is 6. The number of carbonyl (C=O) groups is 2. The van der Waals surface area contributed by atoms with Crippen molar-refractivity contribution in [1.82, 2.24) is 15.4 Å². The first-order valence-corrected chi connectivity index (χ1v) is 21.5. The van der Waals surface area contributed by atoms with Crippen molar-refractivity contribution in [2.45, 2.75) is 117 Å². The van der Waals surface area contributed by atoms with Gasteiger partial charge in [0.2, 0.25) is 11.8 Å². The van der Waals surface area contributed by atoms with Gasteiger partial charge >= 0.3 is 0 Å². The summed E-state index contributed by atoms with van der Waals surface area (Å²) in [6.45, 7) is 15.0. The zero-order valence-corrected chi connectivity index (χ0v) is 33.9. The van der Waals surface area contributed by atoms with Gasteiger partial charge in [-0.3, -0.25) is 14.6 Å². The highest BCUT2D eigenvalue weighted by molar-refractivity contribution is 6.58. The van der Waals surface area contributed by atoms with E-state index in [2.05, 4.69) is 31.3 Å². The van der Waals surface area contributed by atoms with Gasteiger partial charge in [-0.25, -0.2) is 28.0 Å². The number of hydrogen-bond acceptors (Lipinski definition) is 4. The fourth-order valence-corrected chi connectivity index (χ4v) is 8.24. The molecule has 2 aromatic carbocycles. The van der Waals surface area contributed by atoms with Gasteiger partial charge in [0.25, 0.3) is 0 Å². The molecule has 51 heavy (non-hydrogen) atoms. The van der Waals surface area contributed by atoms with E-state index in [0.29, 0.717) is 55.1 Å². The fourth-order valence-electron chi connectivity index (χ4n) is 6.25. The first-order chi connectivity index (χ1) is 24.0. The molecule has 4 rings (SSSR count). The molecule has 1 N–H and O–H groups in total. The van der Waals surface area contributed by atoms with Crippen LogP contribution in [0, 0.1) is 34.1 Å². The van der Waals surface area contributed by atoms with Crippen LogP contribution in [0.4, 0.5) is 17.6 Å². The third-order valence-corrected chi connectivity index (χ3v) is 13.6. The van der Waals surface area contributed by atoms with E-state index in [1.165, 1.54) is 52.4 Å². The molecule has 0 bridgehead atoms. The number of alkyl halides is 2. The van der Waals surface area contributed by atoms with Crippen molar-refractivity contribution < 1.29 is 27.2 Å². The van der Waals surface area contributed by atoms with E-state index < -0.39 is 40.1 Å². The summed E-state index contributed by atoms with van der Waals surface area (Å²) < 4.78 is 53.7. The lowest BCUT2D eigenvalue weighted by Crippen LogP contribution is -2.46. The van der Waals surface area contributed by atoms with Crippen LogP contribution in [0.1, 0.15) is 110 Å². The normalized spacial score (nSPS) is 17.3. The highest BCUT2D eigenvalue weighted by Crippen LogP contribution is 2.36. The largest absolute Gasteiger partial charge is 0.273 e. The Kier molecular flexibility index (Phi) is 18.6. The minimum atomic E-state index is -0.657. The molecule has 2 unspecified atom stereocenters. The predicted molar refractivity (Wildman–Crippen MR) is 204 cm³/mol. The van der Waals surface area contributed by atoms with E-state index in [0.717, 1.165) is 25.0 Å². The van der Waals surface area contributed by atoms with E-state index >= 15 is 0 Å². The molecule has 2 amide bonds. The summed E-state index contributed by atoms with van der Waals surface area (Å²) in [5.74, 6) is -1.83. The molecule has 2 aliphatic heterocycles. The average molecular weight is 776 g/mol. The van der Waals surface area contributed by atoms with Crippen molar-refractivity contribution in [1.29, 1.82) is 0 Å². The molecular formula is C38H56Cl2F4N4O2Si. The van der Waals surface area contributed by atoms with Crippen molar-refractivity contribution in [3.63, 3.8) is 0 Å². The van der Waals surface area contributed by atoms with Crippen LogP contribution >= 0.6 is 23.2 Å². The molecule has 0 aromatic heterocycles. The lowest BCUT2D eigenvalue weighted by atomic mass is 9.86. The minimum Gasteiger partial charge on any atom is -0.273 e. The van der Waals surface area contributed by atoms with Crippen LogP contribution in [-0.2, 0) is 9.59 Å². The maximum absolute atomic E-state index is 13.4. The summed E-state index contributed by atoms with van der Waals surface area (Å²) in [6.07, 6.45) is 5.43. The van der Waals surface area contributed by atoms with E-state index in [4.69, 9.17) is 23.2 Å². The Morgan fingerprint density at radius 3 is 1.61 bits per heavy atom. The molecule has 2 heterocycles. The first kappa shape index (κ1) is 44.7. The topological polar surface area (TPSA) is 65.0 Å². The van der Waals surface area contributed by atoms with Crippen LogP contribution in [0.3, 0.4) is 0 Å². The molecule has 0 spiro atoms. The molecule has 2 atom stereocenters. The summed E-state index contributed by atoms with van der Waals surface area (Å²) in [5, 5.41) is 6.96. The van der Waals surface area contributed by atoms with Crippen molar-refractivity contribution in [3.05, 3.63) is 70.8 Å². The Labute approximate surface area is 313 Å². The van der Waals surface area contributed by atoms with E-state index in [-0.39, 0.29) is 26.7 Å². The number of nitrogens with one attached hydrogen (secondary N) is 1. The number of nitrogens with zero attached hydrogens (tertiary/aromatic N) is 3. The summed E-state index contributed by atoms with van der Waals surface area (Å²) in [7, 11) is -0.171. The SMILES string of the molecule is CC(C)(CCCCl)C(=O)N1N=CCC1c1cc(F)cc(F)c1.CC(C)(CCCCl)C(=O)N1NCCC1c1cc(F)cc(F)c1.CC[SiH](CC)CC. The number of amides is 2. The summed E-state index contributed by atoms with van der Waals surface area (Å²) in [4.78, 5) is 25.5. The van der Waals surface area contributed by atoms with Crippen LogP contribution in [0.25, 0.3) is 0 Å². The average Bonchev–Trinajstić information content (AvgIpc) is 3.77. The first-order valence-electron chi connectivity index (χ1n) is 18.0. The lowest BCUT2D eigenvalue weighted by Gasteiger charge is -2.33. The summed E-state index contributed by atoms with van der Waals surface area (Å²) in [6, 6.07) is 10.4. The van der Waals surface area contributed by atoms with Crippen molar-refractivity contribution in [3.8, 4) is 0 Å². The highest BCUT2D eigenvalue weighted by Gasteiger charge is 2.39. The molecule has 286 valence electrons. The predicted octanol–water partition coefficient (Wildman–Crippen LogP) is 10.3. The molecule has 6 nitrogen and oxygen atoms in total. The monoisotopic (exact) mass is 774 g/mol. The Bertz CT molecular complexity index is 1350. The van der Waals surface area contributed by atoms with Gasteiger partial charge in [-0.2, -0.15) is 5.10 Å². The number of rotatable bonds is 13. The van der Waals surface area contributed by atoms with E-state index in [1.54, 1.807) is 6.21 Å². The molecule has 0 radical (unpaired) electrons. The maximum Gasteiger partial charge on any atom is 0.248 e. The maximum atomic E-state index is 13.4. The van der Waals surface area contributed by atoms with E-state index in [9.17, 15) is 27.2 Å². The number of benzene rings is 2. The van der Waals surface area contributed by atoms with Gasteiger partial charge in [-0.1, -0.05) is 66.6 Å². The minimum absolute atomic E-state index is 0.0789. The molecule has 0 aliphatic carbocycles. The molecule has 1 fully saturated rings. The van der Waals surface area contributed by atoms with Crippen LogP contribution < -0.4 is 5.43 Å². The summed E-state index contributed by atoms with van der Waals surface area (Å²) in [5.41, 5.74) is 2.72. The zero-order valence-electron chi connectivity index (χ0n) is 31.2. The quantitative estimate of drug-likeness (QED) is 0.125. The molecule has 2 aromatic rings. The lowest BCUT2D eigenvalue weighted by molar-refractivity contribution is -0.145. The molecular weight excluding hydrogens is 719 g/mol. The number of hydrazone groups is 1. The van der Waals surface area contributed by atoms with Gasteiger partial charge in [-0.05, 0) is 67.5 Å². The molecule has 1 saturated heterocycles. The van der Waals surface area contributed by atoms with E-state index in [1.807, 2.05) is 27.7 Å². The smallest absolute Gasteiger partial charge is 0.248 e.